The summed E-state index contributed by atoms with van der Waals surface area (Å²) in [5.41, 5.74) is 11.3. The van der Waals surface area contributed by atoms with Gasteiger partial charge in [-0.2, -0.15) is 0 Å². The summed E-state index contributed by atoms with van der Waals surface area (Å²) in [6, 6.07) is 44.3. The van der Waals surface area contributed by atoms with Crippen molar-refractivity contribution >= 4 is 71.2 Å². The summed E-state index contributed by atoms with van der Waals surface area (Å²) in [5, 5.41) is 9.59. The van der Waals surface area contributed by atoms with Crippen molar-refractivity contribution in [3.05, 3.63) is 151 Å². The molecule has 12 rings (SSSR count). The number of hydrogen-bond acceptors (Lipinski definition) is 3. The molecular formula is C45H26N2O2. The van der Waals surface area contributed by atoms with Crippen LogP contribution in [0.2, 0.25) is 0 Å². The Balaban J connectivity index is 1.17. The zero-order valence-corrected chi connectivity index (χ0v) is 26.2. The fourth-order valence-corrected chi connectivity index (χ4v) is 8.72. The fourth-order valence-electron chi connectivity index (χ4n) is 8.72. The minimum atomic E-state index is -0.0494. The van der Waals surface area contributed by atoms with Gasteiger partial charge in [0.1, 0.15) is 23.3 Å². The van der Waals surface area contributed by atoms with Crippen LogP contribution in [0.25, 0.3) is 93.2 Å². The number of furan rings is 1. The van der Waals surface area contributed by atoms with Gasteiger partial charge >= 0.3 is 0 Å². The molecule has 4 nitrogen and oxygen atoms in total. The Labute approximate surface area is 280 Å². The maximum Gasteiger partial charge on any atom is 0.217 e. The predicted molar refractivity (Wildman–Crippen MR) is 201 cm³/mol. The summed E-state index contributed by atoms with van der Waals surface area (Å²) >= 11 is 0. The van der Waals surface area contributed by atoms with Crippen LogP contribution in [0.3, 0.4) is 0 Å². The van der Waals surface area contributed by atoms with Crippen LogP contribution in [0.5, 0.6) is 0 Å². The van der Waals surface area contributed by atoms with Gasteiger partial charge in [0.2, 0.25) is 5.90 Å². The zero-order chi connectivity index (χ0) is 31.8. The Morgan fingerprint density at radius 2 is 1.31 bits per heavy atom. The minimum absolute atomic E-state index is 0.0200. The van der Waals surface area contributed by atoms with Gasteiger partial charge in [0.25, 0.3) is 0 Å². The number of aromatic nitrogens is 1. The Bertz CT molecular complexity index is 3040. The van der Waals surface area contributed by atoms with E-state index in [2.05, 4.69) is 138 Å². The standard InChI is InChI=1S/C45H26N2O2/c1-2-11-28-27(10-1)31-14-7-9-25-20-22-37-43(41(25)31)42-32(28)15-8-17-36(42)47(37)38-24-34-30-21-19-26(45-46-35-16-5-6-18-39(35)49-45)23-40(30)48-44(34)33-13-4-3-12-29(33)38/h1-24,35,39H. The normalized spacial score (nSPS) is 17.5. The number of benzene rings is 7. The molecular weight excluding hydrogens is 601 g/mol. The minimum Gasteiger partial charge on any atom is -0.467 e. The molecule has 2 aliphatic carbocycles. The lowest BCUT2D eigenvalue weighted by atomic mass is 9.93. The van der Waals surface area contributed by atoms with E-state index in [1.54, 1.807) is 0 Å². The van der Waals surface area contributed by atoms with Crippen LogP contribution in [0.15, 0.2) is 155 Å². The van der Waals surface area contributed by atoms with Crippen molar-refractivity contribution in [2.24, 2.45) is 4.99 Å². The summed E-state index contributed by atoms with van der Waals surface area (Å²) < 4.78 is 15.4. The lowest BCUT2D eigenvalue weighted by molar-refractivity contribution is 0.255. The topological polar surface area (TPSA) is 39.7 Å². The number of rotatable bonds is 2. The second kappa shape index (κ2) is 9.15. The number of ether oxygens (including phenoxy) is 1. The van der Waals surface area contributed by atoms with Crippen LogP contribution in [0.1, 0.15) is 5.56 Å². The predicted octanol–water partition coefficient (Wildman–Crippen LogP) is 11.3. The van der Waals surface area contributed by atoms with Crippen molar-refractivity contribution in [3.63, 3.8) is 0 Å². The molecule has 2 unspecified atom stereocenters. The number of fused-ring (bicyclic) bond motifs is 9. The molecule has 0 fully saturated rings. The van der Waals surface area contributed by atoms with Crippen LogP contribution >= 0.6 is 0 Å². The second-order valence-electron chi connectivity index (χ2n) is 13.4. The molecule has 3 aliphatic rings. The number of aliphatic imine (C=N–C) groups is 1. The van der Waals surface area contributed by atoms with Crippen molar-refractivity contribution < 1.29 is 9.15 Å². The molecule has 3 heterocycles. The quantitative estimate of drug-likeness (QED) is 0.192. The van der Waals surface area contributed by atoms with Crippen LogP contribution in [-0.4, -0.2) is 22.6 Å². The maximum atomic E-state index is 6.72. The van der Waals surface area contributed by atoms with E-state index in [9.17, 15) is 0 Å². The van der Waals surface area contributed by atoms with E-state index in [-0.39, 0.29) is 12.1 Å². The second-order valence-corrected chi connectivity index (χ2v) is 13.4. The molecule has 0 spiro atoms. The Kier molecular flexibility index (Phi) is 4.79. The summed E-state index contributed by atoms with van der Waals surface area (Å²) in [6.07, 6.45) is 8.17. The van der Waals surface area contributed by atoms with Gasteiger partial charge in [0.15, 0.2) is 0 Å². The molecule has 1 aliphatic heterocycles. The molecule has 4 heteroatoms. The van der Waals surface area contributed by atoms with Crippen LogP contribution in [0, 0.1) is 0 Å². The van der Waals surface area contributed by atoms with E-state index in [1.807, 2.05) is 12.2 Å². The fraction of sp³-hybridized carbons (Fsp3) is 0.0444. The van der Waals surface area contributed by atoms with Gasteiger partial charge in [-0.05, 0) is 75.5 Å². The molecule has 0 bridgehead atoms. The van der Waals surface area contributed by atoms with Gasteiger partial charge in [-0.15, -0.1) is 0 Å². The maximum absolute atomic E-state index is 6.72. The number of allylic oxidation sites excluding steroid dienone is 2. The highest BCUT2D eigenvalue weighted by molar-refractivity contribution is 6.31. The van der Waals surface area contributed by atoms with Gasteiger partial charge in [0, 0.05) is 37.9 Å². The van der Waals surface area contributed by atoms with Crippen molar-refractivity contribution in [3.8, 4) is 27.9 Å². The molecule has 0 amide bonds. The number of nitrogens with zero attached hydrogens (tertiary/aromatic N) is 2. The molecule has 2 atom stereocenters. The average molecular weight is 627 g/mol. The van der Waals surface area contributed by atoms with Crippen molar-refractivity contribution in [2.75, 3.05) is 0 Å². The summed E-state index contributed by atoms with van der Waals surface area (Å²) in [4.78, 5) is 4.86. The Hall–Kier alpha value is -6.39. The SMILES string of the molecule is C1=CC2N=C(c3ccc4c(c3)oc3c5ccccc5c(-n5c6cccc7c6c6c8c(cccc8ccc65)-c5ccccc5-7)cc43)OC2C=C1. The third-order valence-electron chi connectivity index (χ3n) is 10.8. The van der Waals surface area contributed by atoms with E-state index < -0.39 is 0 Å². The monoisotopic (exact) mass is 626 g/mol. The highest BCUT2D eigenvalue weighted by Gasteiger charge is 2.30. The first kappa shape index (κ1) is 25.7. The third kappa shape index (κ3) is 3.30. The molecule has 0 radical (unpaired) electrons. The molecule has 228 valence electrons. The van der Waals surface area contributed by atoms with E-state index in [4.69, 9.17) is 14.1 Å². The largest absolute Gasteiger partial charge is 0.467 e. The lowest BCUT2D eigenvalue weighted by Gasteiger charge is -2.15. The first-order valence-electron chi connectivity index (χ1n) is 16.9. The molecule has 0 N–H and O–H groups in total. The van der Waals surface area contributed by atoms with Crippen LogP contribution < -0.4 is 0 Å². The van der Waals surface area contributed by atoms with E-state index in [0.717, 1.165) is 44.0 Å². The van der Waals surface area contributed by atoms with Crippen molar-refractivity contribution in [1.82, 2.24) is 4.57 Å². The Morgan fingerprint density at radius 1 is 0.551 bits per heavy atom. The first-order valence-corrected chi connectivity index (χ1v) is 16.9. The molecule has 9 aromatic rings. The van der Waals surface area contributed by atoms with Gasteiger partial charge in [0.05, 0.1) is 16.7 Å². The first-order chi connectivity index (χ1) is 24.3. The van der Waals surface area contributed by atoms with E-state index in [1.165, 1.54) is 54.8 Å². The van der Waals surface area contributed by atoms with Crippen molar-refractivity contribution in [2.45, 2.75) is 12.1 Å². The molecule has 7 aromatic carbocycles. The van der Waals surface area contributed by atoms with Crippen LogP contribution in [0.4, 0.5) is 0 Å². The molecule has 0 saturated carbocycles. The highest BCUT2D eigenvalue weighted by Crippen LogP contribution is 2.50. The smallest absolute Gasteiger partial charge is 0.217 e. The van der Waals surface area contributed by atoms with Gasteiger partial charge in [-0.1, -0.05) is 103 Å². The third-order valence-corrected chi connectivity index (χ3v) is 10.8. The van der Waals surface area contributed by atoms with Gasteiger partial charge in [-0.3, -0.25) is 0 Å². The van der Waals surface area contributed by atoms with E-state index >= 15 is 0 Å². The number of hydrogen-bond donors (Lipinski definition) is 0. The highest BCUT2D eigenvalue weighted by atomic mass is 16.5. The summed E-state index contributed by atoms with van der Waals surface area (Å²) in [5.74, 6) is 0.662. The van der Waals surface area contributed by atoms with Gasteiger partial charge in [-0.25, -0.2) is 4.99 Å². The summed E-state index contributed by atoms with van der Waals surface area (Å²) in [6.45, 7) is 0. The zero-order valence-electron chi connectivity index (χ0n) is 26.2. The lowest BCUT2D eigenvalue weighted by Crippen LogP contribution is -2.19. The van der Waals surface area contributed by atoms with Gasteiger partial charge < -0.3 is 13.7 Å². The molecule has 0 saturated heterocycles. The van der Waals surface area contributed by atoms with E-state index in [0.29, 0.717) is 5.90 Å². The Morgan fingerprint density at radius 3 is 2.18 bits per heavy atom. The average Bonchev–Trinajstić information content (AvgIpc) is 3.83. The van der Waals surface area contributed by atoms with Crippen LogP contribution in [-0.2, 0) is 4.74 Å². The summed E-state index contributed by atoms with van der Waals surface area (Å²) in [7, 11) is 0. The molecule has 49 heavy (non-hydrogen) atoms. The molecule has 2 aromatic heterocycles. The van der Waals surface area contributed by atoms with Crippen molar-refractivity contribution in [1.29, 1.82) is 0 Å².